The van der Waals surface area contributed by atoms with Gasteiger partial charge < -0.3 is 0 Å². The molecule has 0 aliphatic carbocycles. The Morgan fingerprint density at radius 1 is 1.11 bits per heavy atom. The minimum absolute atomic E-state index is 0.177. The molecule has 0 N–H and O–H groups in total. The highest BCUT2D eigenvalue weighted by atomic mass is 16.1. The molecule has 6 heteroatoms. The van der Waals surface area contributed by atoms with E-state index in [9.17, 15) is 10.1 Å². The maximum Gasteiger partial charge on any atom is 0.264 e. The fourth-order valence-corrected chi connectivity index (χ4v) is 3.27. The first kappa shape index (κ1) is 16.7. The molecule has 0 fully saturated rings. The lowest BCUT2D eigenvalue weighted by Gasteiger charge is -2.08. The number of nitriles is 1. The van der Waals surface area contributed by atoms with E-state index in [0.29, 0.717) is 23.1 Å². The summed E-state index contributed by atoms with van der Waals surface area (Å²) in [5, 5.41) is 14.1. The van der Waals surface area contributed by atoms with E-state index < -0.39 is 0 Å². The van der Waals surface area contributed by atoms with Crippen LogP contribution in [-0.4, -0.2) is 19.3 Å². The highest BCUT2D eigenvalue weighted by molar-refractivity contribution is 5.75. The molecule has 0 atom stereocenters. The number of hydrogen-bond acceptors (Lipinski definition) is 4. The minimum atomic E-state index is -0.177. The second kappa shape index (κ2) is 6.54. The summed E-state index contributed by atoms with van der Waals surface area (Å²) in [7, 11) is 0. The minimum Gasteiger partial charge on any atom is -0.294 e. The molecule has 6 nitrogen and oxygen atoms in total. The van der Waals surface area contributed by atoms with Crippen LogP contribution in [0.15, 0.2) is 59.8 Å². The van der Waals surface area contributed by atoms with Gasteiger partial charge in [0.25, 0.3) is 5.56 Å². The first-order chi connectivity index (χ1) is 13.1. The topological polar surface area (TPSA) is 76.5 Å². The van der Waals surface area contributed by atoms with Crippen molar-refractivity contribution in [2.24, 2.45) is 0 Å². The summed E-state index contributed by atoms with van der Waals surface area (Å²) in [6.45, 7) is 4.34. The quantitative estimate of drug-likeness (QED) is 0.566. The first-order valence-electron chi connectivity index (χ1n) is 8.56. The fourth-order valence-electron chi connectivity index (χ4n) is 3.27. The molecular weight excluding hydrogens is 338 g/mol. The lowest BCUT2D eigenvalue weighted by atomic mass is 10.1. The highest BCUT2D eigenvalue weighted by Crippen LogP contribution is 2.17. The van der Waals surface area contributed by atoms with Gasteiger partial charge in [-0.3, -0.25) is 9.36 Å². The third-order valence-electron chi connectivity index (χ3n) is 4.48. The van der Waals surface area contributed by atoms with Crippen LogP contribution in [0, 0.1) is 25.2 Å². The van der Waals surface area contributed by atoms with Crippen molar-refractivity contribution in [2.45, 2.75) is 20.4 Å². The molecule has 0 spiro atoms. The van der Waals surface area contributed by atoms with Gasteiger partial charge >= 0.3 is 0 Å². The zero-order valence-corrected chi connectivity index (χ0v) is 15.0. The van der Waals surface area contributed by atoms with Crippen molar-refractivity contribution in [3.8, 4) is 11.8 Å². The lowest BCUT2D eigenvalue weighted by Crippen LogP contribution is -2.21. The maximum absolute atomic E-state index is 12.9. The van der Waals surface area contributed by atoms with Crippen LogP contribution in [0.5, 0.6) is 0 Å². The molecule has 0 aliphatic heterocycles. The van der Waals surface area contributed by atoms with Gasteiger partial charge in [-0.1, -0.05) is 24.3 Å². The third-order valence-corrected chi connectivity index (χ3v) is 4.48. The van der Waals surface area contributed by atoms with Crippen LogP contribution in [0.1, 0.15) is 22.3 Å². The second-order valence-electron chi connectivity index (χ2n) is 6.59. The summed E-state index contributed by atoms with van der Waals surface area (Å²) in [6.07, 6.45) is 3.06. The average Bonchev–Trinajstić information content (AvgIpc) is 3.08. The summed E-state index contributed by atoms with van der Waals surface area (Å²) in [4.78, 5) is 17.4. The number of fused-ring (bicyclic) bond motifs is 1. The maximum atomic E-state index is 12.9. The Balaban J connectivity index is 1.81. The van der Waals surface area contributed by atoms with Crippen molar-refractivity contribution in [2.75, 3.05) is 0 Å². The number of hydrogen-bond donors (Lipinski definition) is 0. The van der Waals surface area contributed by atoms with E-state index in [1.54, 1.807) is 23.0 Å². The number of benzene rings is 2. The lowest BCUT2D eigenvalue weighted by molar-refractivity contribution is 0.744. The van der Waals surface area contributed by atoms with Crippen molar-refractivity contribution >= 4 is 11.0 Å². The summed E-state index contributed by atoms with van der Waals surface area (Å²) < 4.78 is 3.19. The molecule has 0 aliphatic rings. The van der Waals surface area contributed by atoms with Gasteiger partial charge in [0.05, 0.1) is 30.1 Å². The summed E-state index contributed by atoms with van der Waals surface area (Å²) in [5.41, 5.74) is 4.80. The number of aryl methyl sites for hydroxylation is 2. The van der Waals surface area contributed by atoms with Crippen LogP contribution in [0.4, 0.5) is 0 Å². The predicted molar refractivity (Wildman–Crippen MR) is 103 cm³/mol. The molecule has 27 heavy (non-hydrogen) atoms. The monoisotopic (exact) mass is 355 g/mol. The molecule has 2 heterocycles. The van der Waals surface area contributed by atoms with E-state index in [1.165, 1.54) is 10.9 Å². The SMILES string of the molecule is Cc1cc(C)cc(-n2ncc3c(=O)n(Cc4ccccc4C#N)cnc32)c1. The Kier molecular flexibility index (Phi) is 4.05. The van der Waals surface area contributed by atoms with E-state index >= 15 is 0 Å². The molecule has 4 rings (SSSR count). The van der Waals surface area contributed by atoms with E-state index in [0.717, 1.165) is 22.4 Å². The molecule has 0 saturated heterocycles. The Labute approximate surface area is 155 Å². The molecule has 0 radical (unpaired) electrons. The van der Waals surface area contributed by atoms with Gasteiger partial charge in [-0.2, -0.15) is 10.4 Å². The standard InChI is InChI=1S/C21H17N5O/c1-14-7-15(2)9-18(8-14)26-20-19(11-24-26)21(27)25(13-23-20)12-17-6-4-3-5-16(17)10-22/h3-9,11,13H,12H2,1-2H3. The van der Waals surface area contributed by atoms with Gasteiger partial charge in [0.2, 0.25) is 0 Å². The van der Waals surface area contributed by atoms with Crippen LogP contribution in [0.3, 0.4) is 0 Å². The van der Waals surface area contributed by atoms with Crippen molar-refractivity contribution in [1.29, 1.82) is 5.26 Å². The first-order valence-corrected chi connectivity index (χ1v) is 8.56. The average molecular weight is 355 g/mol. The molecular formula is C21H17N5O. The summed E-state index contributed by atoms with van der Waals surface area (Å²) in [5.74, 6) is 0. The van der Waals surface area contributed by atoms with Crippen molar-refractivity contribution in [1.82, 2.24) is 19.3 Å². The normalized spacial score (nSPS) is 10.9. The van der Waals surface area contributed by atoms with Crippen LogP contribution in [0.2, 0.25) is 0 Å². The van der Waals surface area contributed by atoms with Gasteiger partial charge in [0.15, 0.2) is 5.65 Å². The van der Waals surface area contributed by atoms with Crippen molar-refractivity contribution < 1.29 is 0 Å². The molecule has 0 saturated carbocycles. The van der Waals surface area contributed by atoms with E-state index in [1.807, 2.05) is 38.1 Å². The largest absolute Gasteiger partial charge is 0.294 e. The number of rotatable bonds is 3. The van der Waals surface area contributed by atoms with E-state index in [2.05, 4.69) is 22.2 Å². The van der Waals surface area contributed by atoms with Gasteiger partial charge in [-0.15, -0.1) is 0 Å². The second-order valence-corrected chi connectivity index (χ2v) is 6.59. The number of nitrogens with zero attached hydrogens (tertiary/aromatic N) is 5. The summed E-state index contributed by atoms with van der Waals surface area (Å²) >= 11 is 0. The Hall–Kier alpha value is -3.72. The third kappa shape index (κ3) is 3.00. The Morgan fingerprint density at radius 2 is 1.85 bits per heavy atom. The fraction of sp³-hybridized carbons (Fsp3) is 0.143. The number of aromatic nitrogens is 4. The van der Waals surface area contributed by atoms with Crippen molar-refractivity contribution in [3.63, 3.8) is 0 Å². The van der Waals surface area contributed by atoms with Gasteiger partial charge in [-0.05, 0) is 48.7 Å². The van der Waals surface area contributed by atoms with Crippen molar-refractivity contribution in [3.05, 3.63) is 87.6 Å². The summed E-state index contributed by atoms with van der Waals surface area (Å²) in [6, 6.07) is 15.5. The van der Waals surface area contributed by atoms with Gasteiger partial charge in [-0.25, -0.2) is 9.67 Å². The predicted octanol–water partition coefficient (Wildman–Crippen LogP) is 3.12. The zero-order chi connectivity index (χ0) is 19.0. The van der Waals surface area contributed by atoms with Gasteiger partial charge in [0, 0.05) is 0 Å². The van der Waals surface area contributed by atoms with Crippen LogP contribution in [0.25, 0.3) is 16.7 Å². The van der Waals surface area contributed by atoms with Crippen LogP contribution >= 0.6 is 0 Å². The smallest absolute Gasteiger partial charge is 0.264 e. The molecule has 0 amide bonds. The zero-order valence-electron chi connectivity index (χ0n) is 15.0. The molecule has 132 valence electrons. The Morgan fingerprint density at radius 3 is 2.59 bits per heavy atom. The van der Waals surface area contributed by atoms with Crippen LogP contribution in [-0.2, 0) is 6.54 Å². The van der Waals surface area contributed by atoms with E-state index in [-0.39, 0.29) is 5.56 Å². The van der Waals surface area contributed by atoms with Crippen LogP contribution < -0.4 is 5.56 Å². The van der Waals surface area contributed by atoms with E-state index in [4.69, 9.17) is 0 Å². The molecule has 0 bridgehead atoms. The molecule has 0 unspecified atom stereocenters. The highest BCUT2D eigenvalue weighted by Gasteiger charge is 2.13. The molecule has 2 aromatic heterocycles. The molecule has 4 aromatic rings. The Bertz CT molecular complexity index is 1240. The molecule has 2 aromatic carbocycles. The van der Waals surface area contributed by atoms with Gasteiger partial charge in [0.1, 0.15) is 11.7 Å².